The predicted molar refractivity (Wildman–Crippen MR) is 94.5 cm³/mol. The highest BCUT2D eigenvalue weighted by Crippen LogP contribution is 2.39. The summed E-state index contributed by atoms with van der Waals surface area (Å²) >= 11 is 0. The number of benzene rings is 1. The number of likely N-dealkylation sites (N-methyl/N-ethyl adjacent to an activating group) is 1. The molecule has 1 saturated carbocycles. The monoisotopic (exact) mass is 342 g/mol. The van der Waals surface area contributed by atoms with E-state index in [-0.39, 0.29) is 0 Å². The molecule has 4 rings (SSSR count). The maximum atomic E-state index is 5.80. The number of nitrogens with zero attached hydrogens (tertiary/aromatic N) is 4. The Hall–Kier alpha value is -1.92. The van der Waals surface area contributed by atoms with Gasteiger partial charge in [0.15, 0.2) is 0 Å². The Labute approximate surface area is 148 Å². The average molecular weight is 342 g/mol. The summed E-state index contributed by atoms with van der Waals surface area (Å²) in [5, 5.41) is 8.37. The standard InChI is InChI=1S/C19H26N4O2/c1-22(14-18-20-21-19(25-18)15-7-8-15)16-9-10-23(13-16)11-12-24-17-5-3-2-4-6-17/h2-6,15-16H,7-14H2,1H3/t16-/m1/s1. The maximum Gasteiger partial charge on any atom is 0.230 e. The molecule has 1 saturated heterocycles. The second-order valence-electron chi connectivity index (χ2n) is 7.13. The second-order valence-corrected chi connectivity index (χ2v) is 7.13. The van der Waals surface area contributed by atoms with E-state index in [2.05, 4.69) is 27.0 Å². The van der Waals surface area contributed by atoms with E-state index in [1.165, 1.54) is 19.3 Å². The summed E-state index contributed by atoms with van der Waals surface area (Å²) in [7, 11) is 2.15. The van der Waals surface area contributed by atoms with Gasteiger partial charge in [-0.25, -0.2) is 0 Å². The number of likely N-dealkylation sites (tertiary alicyclic amines) is 1. The molecular formula is C19H26N4O2. The summed E-state index contributed by atoms with van der Waals surface area (Å²) in [5.41, 5.74) is 0. The lowest BCUT2D eigenvalue weighted by atomic mass is 10.2. The minimum atomic E-state index is 0.526. The quantitative estimate of drug-likeness (QED) is 0.735. The van der Waals surface area contributed by atoms with Gasteiger partial charge in [0.2, 0.25) is 11.8 Å². The molecule has 25 heavy (non-hydrogen) atoms. The van der Waals surface area contributed by atoms with Gasteiger partial charge < -0.3 is 9.15 Å². The molecule has 0 radical (unpaired) electrons. The largest absolute Gasteiger partial charge is 0.492 e. The molecule has 1 aromatic carbocycles. The fourth-order valence-corrected chi connectivity index (χ4v) is 3.35. The third-order valence-electron chi connectivity index (χ3n) is 5.08. The van der Waals surface area contributed by atoms with Crippen LogP contribution in [0.15, 0.2) is 34.7 Å². The minimum Gasteiger partial charge on any atom is -0.492 e. The molecule has 1 atom stereocenters. The Morgan fingerprint density at radius 2 is 2.04 bits per heavy atom. The molecular weight excluding hydrogens is 316 g/mol. The molecule has 134 valence electrons. The van der Waals surface area contributed by atoms with E-state index in [4.69, 9.17) is 9.15 Å². The van der Waals surface area contributed by atoms with Gasteiger partial charge in [-0.2, -0.15) is 0 Å². The van der Waals surface area contributed by atoms with Crippen LogP contribution in [0.25, 0.3) is 0 Å². The Morgan fingerprint density at radius 3 is 2.84 bits per heavy atom. The summed E-state index contributed by atoms with van der Waals surface area (Å²) in [6.07, 6.45) is 3.56. The molecule has 6 nitrogen and oxygen atoms in total. The summed E-state index contributed by atoms with van der Waals surface area (Å²) in [5.74, 6) is 3.04. The summed E-state index contributed by atoms with van der Waals surface area (Å²) in [6, 6.07) is 10.5. The van der Waals surface area contributed by atoms with Crippen LogP contribution in [0.3, 0.4) is 0 Å². The van der Waals surface area contributed by atoms with E-state index in [0.29, 0.717) is 12.0 Å². The number of aromatic nitrogens is 2. The van der Waals surface area contributed by atoms with Crippen LogP contribution in [0.5, 0.6) is 5.75 Å². The van der Waals surface area contributed by atoms with Crippen LogP contribution in [-0.4, -0.2) is 59.3 Å². The average Bonchev–Trinajstić information content (AvgIpc) is 3.19. The number of para-hydroxylation sites is 1. The van der Waals surface area contributed by atoms with Crippen molar-refractivity contribution >= 4 is 0 Å². The zero-order valence-electron chi connectivity index (χ0n) is 14.8. The van der Waals surface area contributed by atoms with Gasteiger partial charge in [-0.05, 0) is 45.0 Å². The first-order chi connectivity index (χ1) is 12.3. The van der Waals surface area contributed by atoms with Gasteiger partial charge in [0.25, 0.3) is 0 Å². The van der Waals surface area contributed by atoms with Crippen molar-refractivity contribution in [1.29, 1.82) is 0 Å². The molecule has 1 aliphatic heterocycles. The third kappa shape index (κ3) is 4.38. The van der Waals surface area contributed by atoms with E-state index in [0.717, 1.165) is 50.3 Å². The zero-order valence-corrected chi connectivity index (χ0v) is 14.8. The number of rotatable bonds is 8. The van der Waals surface area contributed by atoms with Crippen molar-refractivity contribution < 1.29 is 9.15 Å². The van der Waals surface area contributed by atoms with E-state index in [1.807, 2.05) is 30.3 Å². The lowest BCUT2D eigenvalue weighted by molar-refractivity contribution is 0.192. The van der Waals surface area contributed by atoms with E-state index in [9.17, 15) is 0 Å². The SMILES string of the molecule is CN(Cc1nnc(C2CC2)o1)[C@@H]1CCN(CCOc2ccccc2)C1. The first kappa shape index (κ1) is 16.5. The first-order valence-corrected chi connectivity index (χ1v) is 9.20. The highest BCUT2D eigenvalue weighted by molar-refractivity contribution is 5.20. The molecule has 0 amide bonds. The first-order valence-electron chi connectivity index (χ1n) is 9.20. The highest BCUT2D eigenvalue weighted by atomic mass is 16.5. The molecule has 1 aliphatic carbocycles. The van der Waals surface area contributed by atoms with Gasteiger partial charge >= 0.3 is 0 Å². The molecule has 2 heterocycles. The van der Waals surface area contributed by atoms with Crippen LogP contribution in [0.1, 0.15) is 37.0 Å². The minimum absolute atomic E-state index is 0.526. The summed E-state index contributed by atoms with van der Waals surface area (Å²) in [6.45, 7) is 4.61. The van der Waals surface area contributed by atoms with E-state index >= 15 is 0 Å². The van der Waals surface area contributed by atoms with Crippen LogP contribution < -0.4 is 4.74 Å². The van der Waals surface area contributed by atoms with Crippen molar-refractivity contribution in [3.8, 4) is 5.75 Å². The van der Waals surface area contributed by atoms with Gasteiger partial charge in [-0.1, -0.05) is 18.2 Å². The van der Waals surface area contributed by atoms with Gasteiger partial charge in [0, 0.05) is 25.0 Å². The Balaban J connectivity index is 1.20. The summed E-state index contributed by atoms with van der Waals surface area (Å²) < 4.78 is 11.6. The van der Waals surface area contributed by atoms with E-state index < -0.39 is 0 Å². The lowest BCUT2D eigenvalue weighted by Crippen LogP contribution is -2.35. The molecule has 2 fully saturated rings. The molecule has 0 N–H and O–H groups in total. The topological polar surface area (TPSA) is 54.6 Å². The van der Waals surface area contributed by atoms with Crippen molar-refractivity contribution in [2.75, 3.05) is 33.3 Å². The number of hydrogen-bond acceptors (Lipinski definition) is 6. The van der Waals surface area contributed by atoms with Gasteiger partial charge in [-0.3, -0.25) is 9.80 Å². The number of ether oxygens (including phenoxy) is 1. The van der Waals surface area contributed by atoms with Crippen LogP contribution in [-0.2, 0) is 6.54 Å². The van der Waals surface area contributed by atoms with Crippen molar-refractivity contribution in [3.63, 3.8) is 0 Å². The van der Waals surface area contributed by atoms with Gasteiger partial charge in [0.1, 0.15) is 12.4 Å². The Bertz CT molecular complexity index is 671. The molecule has 1 aromatic heterocycles. The predicted octanol–water partition coefficient (Wildman–Crippen LogP) is 2.53. The third-order valence-corrected chi connectivity index (χ3v) is 5.08. The smallest absolute Gasteiger partial charge is 0.230 e. The molecule has 0 bridgehead atoms. The Kier molecular flexibility index (Phi) is 4.99. The van der Waals surface area contributed by atoms with Crippen molar-refractivity contribution in [3.05, 3.63) is 42.1 Å². The lowest BCUT2D eigenvalue weighted by Gasteiger charge is -2.23. The van der Waals surface area contributed by atoms with Gasteiger partial charge in [0.05, 0.1) is 6.54 Å². The highest BCUT2D eigenvalue weighted by Gasteiger charge is 2.30. The van der Waals surface area contributed by atoms with Crippen LogP contribution in [0.4, 0.5) is 0 Å². The normalized spacial score (nSPS) is 21.1. The molecule has 6 heteroatoms. The Morgan fingerprint density at radius 1 is 1.20 bits per heavy atom. The van der Waals surface area contributed by atoms with Crippen LogP contribution in [0.2, 0.25) is 0 Å². The van der Waals surface area contributed by atoms with Crippen molar-refractivity contribution in [1.82, 2.24) is 20.0 Å². The second kappa shape index (κ2) is 7.54. The van der Waals surface area contributed by atoms with Crippen molar-refractivity contribution in [2.24, 2.45) is 0 Å². The fraction of sp³-hybridized carbons (Fsp3) is 0.579. The molecule has 0 unspecified atom stereocenters. The van der Waals surface area contributed by atoms with Crippen molar-refractivity contribution in [2.45, 2.75) is 37.8 Å². The zero-order chi connectivity index (χ0) is 17.1. The fourth-order valence-electron chi connectivity index (χ4n) is 3.35. The summed E-state index contributed by atoms with van der Waals surface area (Å²) in [4.78, 5) is 4.80. The number of hydrogen-bond donors (Lipinski definition) is 0. The van der Waals surface area contributed by atoms with Gasteiger partial charge in [-0.15, -0.1) is 10.2 Å². The molecule has 0 spiro atoms. The van der Waals surface area contributed by atoms with Crippen LogP contribution in [0, 0.1) is 0 Å². The molecule has 2 aliphatic rings. The maximum absolute atomic E-state index is 5.80. The molecule has 2 aromatic rings. The van der Waals surface area contributed by atoms with E-state index in [1.54, 1.807) is 0 Å². The van der Waals surface area contributed by atoms with Crippen LogP contribution >= 0.6 is 0 Å².